The van der Waals surface area contributed by atoms with E-state index in [2.05, 4.69) is 50.2 Å². The fourth-order valence-corrected chi connectivity index (χ4v) is 1.10. The van der Waals surface area contributed by atoms with Gasteiger partial charge in [0, 0.05) is 17.4 Å². The van der Waals surface area contributed by atoms with Gasteiger partial charge in [0.05, 0.1) is 0 Å². The van der Waals surface area contributed by atoms with Gasteiger partial charge in [0.15, 0.2) is 0 Å². The summed E-state index contributed by atoms with van der Waals surface area (Å²) in [5, 5.41) is 0. The molecule has 0 unspecified atom stereocenters. The number of hydrogen-bond donors (Lipinski definition) is 0. The van der Waals surface area contributed by atoms with E-state index in [1.165, 1.54) is 18.4 Å². The Kier molecular flexibility index (Phi) is 24.9. The molecule has 0 spiro atoms. The van der Waals surface area contributed by atoms with E-state index in [1.54, 1.807) is 0 Å². The van der Waals surface area contributed by atoms with E-state index >= 15 is 0 Å². The fourth-order valence-electron chi connectivity index (χ4n) is 1.10. The first-order valence-electron chi connectivity index (χ1n) is 4.49. The number of aryl methyl sites for hydroxylation is 1. The van der Waals surface area contributed by atoms with E-state index < -0.39 is 0 Å². The smallest absolute Gasteiger partial charge is 0 e. The maximum atomic E-state index is 7.50. The van der Waals surface area contributed by atoms with Crippen LogP contribution in [-0.4, -0.2) is 0 Å². The van der Waals surface area contributed by atoms with Gasteiger partial charge in [0.25, 0.3) is 0 Å². The van der Waals surface area contributed by atoms with Gasteiger partial charge >= 0.3 is 22.6 Å². The molecule has 0 saturated carbocycles. The molecule has 2 nitrogen and oxygen atoms in total. The van der Waals surface area contributed by atoms with Crippen LogP contribution in [0.5, 0.6) is 0 Å². The molecule has 0 aliphatic rings. The molecular weight excluding hydrogens is 240 g/mol. The zero-order valence-electron chi connectivity index (χ0n) is 9.02. The van der Waals surface area contributed by atoms with Crippen molar-refractivity contribution in [2.75, 3.05) is 0 Å². The van der Waals surface area contributed by atoms with Crippen molar-refractivity contribution in [2.24, 2.45) is 0 Å². The van der Waals surface area contributed by atoms with Gasteiger partial charge in [-0.2, -0.15) is 0 Å². The zero-order valence-corrected chi connectivity index (χ0v) is 10.3. The number of hydrogen-bond acceptors (Lipinski definition) is 0. The Labute approximate surface area is 108 Å². The Morgan fingerprint density at radius 2 is 1.56 bits per heavy atom. The van der Waals surface area contributed by atoms with Gasteiger partial charge in [-0.1, -0.05) is 36.4 Å². The molecule has 0 N–H and O–H groups in total. The molecule has 0 aliphatic carbocycles. The van der Waals surface area contributed by atoms with Gasteiger partial charge in [-0.15, -0.1) is 6.58 Å². The van der Waals surface area contributed by atoms with Crippen molar-refractivity contribution in [3.63, 3.8) is 0 Å². The minimum Gasteiger partial charge on any atom is 0 e. The Balaban J connectivity index is -0.000000305. The van der Waals surface area contributed by atoms with Crippen molar-refractivity contribution in [2.45, 2.75) is 19.3 Å². The second-order valence-corrected chi connectivity index (χ2v) is 2.67. The minimum absolute atomic E-state index is 0. The number of benzene rings is 1. The Morgan fingerprint density at radius 3 is 2.00 bits per heavy atom. The first-order chi connectivity index (χ1) is 7.43. The standard InChI is InChI=1S/C11H14.2CO.Cr/c1-2-3-5-8-11-9-6-4-7-10-11;2*1-2;/h2,4,6-7,9-10H,1,3,5,8H2;;;. The monoisotopic (exact) mass is 254 g/mol. The van der Waals surface area contributed by atoms with E-state index in [0.29, 0.717) is 0 Å². The molecule has 1 aromatic rings. The van der Waals surface area contributed by atoms with Crippen LogP contribution in [0.4, 0.5) is 0 Å². The molecule has 84 valence electrons. The third-order valence-electron chi connectivity index (χ3n) is 1.72. The molecule has 0 saturated heterocycles. The van der Waals surface area contributed by atoms with Crippen molar-refractivity contribution in [3.8, 4) is 0 Å². The van der Waals surface area contributed by atoms with E-state index in [9.17, 15) is 0 Å². The molecule has 1 rings (SSSR count). The van der Waals surface area contributed by atoms with Crippen LogP contribution in [0, 0.1) is 13.3 Å². The first kappa shape index (κ1) is 20.4. The molecule has 0 radical (unpaired) electrons. The second kappa shape index (κ2) is 19.5. The average molecular weight is 254 g/mol. The molecule has 0 fully saturated rings. The molecule has 0 amide bonds. The quantitative estimate of drug-likeness (QED) is 0.343. The Hall–Kier alpha value is -1.03. The maximum absolute atomic E-state index is 7.50. The van der Waals surface area contributed by atoms with E-state index in [0.717, 1.165) is 6.42 Å². The molecule has 16 heavy (non-hydrogen) atoms. The molecule has 1 aromatic carbocycles. The molecule has 0 aliphatic heterocycles. The normalized spacial score (nSPS) is 6.75. The van der Waals surface area contributed by atoms with E-state index in [1.807, 2.05) is 6.08 Å². The van der Waals surface area contributed by atoms with Crippen LogP contribution in [0.1, 0.15) is 18.4 Å². The van der Waals surface area contributed by atoms with Crippen LogP contribution in [0.2, 0.25) is 0 Å². The van der Waals surface area contributed by atoms with Crippen molar-refractivity contribution in [1.82, 2.24) is 0 Å². The fraction of sp³-hybridized carbons (Fsp3) is 0.231. The molecule has 0 bridgehead atoms. The van der Waals surface area contributed by atoms with Gasteiger partial charge in [0.2, 0.25) is 0 Å². The summed E-state index contributed by atoms with van der Waals surface area (Å²) in [6.07, 6.45) is 5.48. The molecule has 0 atom stereocenters. The van der Waals surface area contributed by atoms with Crippen LogP contribution in [0.3, 0.4) is 0 Å². The molecule has 0 aromatic heterocycles. The summed E-state index contributed by atoms with van der Waals surface area (Å²) in [5.74, 6) is 0. The van der Waals surface area contributed by atoms with Crippen molar-refractivity contribution in [3.05, 3.63) is 61.9 Å². The zero-order chi connectivity index (χ0) is 11.9. The average Bonchev–Trinajstić information content (AvgIpc) is 2.36. The van der Waals surface area contributed by atoms with Crippen LogP contribution >= 0.6 is 0 Å². The summed E-state index contributed by atoms with van der Waals surface area (Å²) in [5.41, 5.74) is 1.43. The second-order valence-electron chi connectivity index (χ2n) is 2.67. The minimum atomic E-state index is 0. The van der Waals surface area contributed by atoms with Crippen molar-refractivity contribution < 1.29 is 26.7 Å². The summed E-state index contributed by atoms with van der Waals surface area (Å²) < 4.78 is 15.0. The number of unbranched alkanes of at least 4 members (excludes halogenated alkanes) is 1. The summed E-state index contributed by atoms with van der Waals surface area (Å²) >= 11 is 0. The Bertz CT molecular complexity index is 272. The van der Waals surface area contributed by atoms with Gasteiger partial charge in [0.1, 0.15) is 0 Å². The summed E-state index contributed by atoms with van der Waals surface area (Å²) in [6, 6.07) is 10.6. The number of allylic oxidation sites excluding steroid dienone is 1. The van der Waals surface area contributed by atoms with Crippen LogP contribution in [0.15, 0.2) is 43.0 Å². The topological polar surface area (TPSA) is 39.8 Å². The maximum Gasteiger partial charge on any atom is 0 e. The largest absolute Gasteiger partial charge is 0 e. The van der Waals surface area contributed by atoms with Gasteiger partial charge < -0.3 is 0 Å². The SMILES string of the molecule is C=CCCCc1ccccc1.[C-]#[O+].[C-]#[O+].[Cr]. The third-order valence-corrected chi connectivity index (χ3v) is 1.72. The van der Waals surface area contributed by atoms with Crippen LogP contribution < -0.4 is 0 Å². The van der Waals surface area contributed by atoms with Gasteiger partial charge in [-0.05, 0) is 24.8 Å². The molecular formula is C13H14CrO2. The predicted molar refractivity (Wildman–Crippen MR) is 57.4 cm³/mol. The van der Waals surface area contributed by atoms with Crippen molar-refractivity contribution >= 4 is 0 Å². The molecule has 3 heteroatoms. The number of rotatable bonds is 4. The van der Waals surface area contributed by atoms with Crippen LogP contribution in [-0.2, 0) is 33.1 Å². The first-order valence-corrected chi connectivity index (χ1v) is 4.49. The Morgan fingerprint density at radius 1 is 1.06 bits per heavy atom. The summed E-state index contributed by atoms with van der Waals surface area (Å²) in [4.78, 5) is 0. The molecule has 0 heterocycles. The predicted octanol–water partition coefficient (Wildman–Crippen LogP) is 3.12. The van der Waals surface area contributed by atoms with Crippen molar-refractivity contribution in [1.29, 1.82) is 0 Å². The summed E-state index contributed by atoms with van der Waals surface area (Å²) in [7, 11) is 0. The van der Waals surface area contributed by atoms with E-state index in [4.69, 9.17) is 9.30 Å². The van der Waals surface area contributed by atoms with E-state index in [-0.39, 0.29) is 17.4 Å². The summed E-state index contributed by atoms with van der Waals surface area (Å²) in [6.45, 7) is 12.7. The third kappa shape index (κ3) is 13.0. The van der Waals surface area contributed by atoms with Crippen LogP contribution in [0.25, 0.3) is 0 Å². The van der Waals surface area contributed by atoms with Gasteiger partial charge in [-0.3, -0.25) is 0 Å². The van der Waals surface area contributed by atoms with Gasteiger partial charge in [-0.25, -0.2) is 0 Å².